The first kappa shape index (κ1) is 25.0. The first-order valence-corrected chi connectivity index (χ1v) is 12.2. The molecule has 0 saturated carbocycles. The molecule has 38 heavy (non-hydrogen) atoms. The molecule has 3 aromatic rings. The SMILES string of the molecule is CCOc1cc(C2/C(=C(\O)c3ccc4c(c3)OCCO4)C(=O)C(=O)N2Cc2ccccc2OC)ccc1O. The first-order valence-electron chi connectivity index (χ1n) is 12.2. The van der Waals surface area contributed by atoms with Gasteiger partial charge in [-0.05, 0) is 48.9 Å². The number of Topliss-reactive ketones (excluding diaryl/α,β-unsaturated/α-hetero) is 1. The van der Waals surface area contributed by atoms with Gasteiger partial charge in [0.15, 0.2) is 23.0 Å². The lowest BCUT2D eigenvalue weighted by atomic mass is 9.94. The van der Waals surface area contributed by atoms with E-state index in [1.165, 1.54) is 18.1 Å². The van der Waals surface area contributed by atoms with Crippen molar-refractivity contribution in [3.63, 3.8) is 0 Å². The van der Waals surface area contributed by atoms with Crippen molar-refractivity contribution >= 4 is 17.4 Å². The number of hydrogen-bond donors (Lipinski definition) is 2. The summed E-state index contributed by atoms with van der Waals surface area (Å²) in [7, 11) is 1.53. The van der Waals surface area contributed by atoms with Gasteiger partial charge >= 0.3 is 0 Å². The third-order valence-corrected chi connectivity index (χ3v) is 6.49. The van der Waals surface area contributed by atoms with Crippen molar-refractivity contribution in [2.24, 2.45) is 0 Å². The molecule has 2 N–H and O–H groups in total. The van der Waals surface area contributed by atoms with Crippen LogP contribution in [0.2, 0.25) is 0 Å². The third-order valence-electron chi connectivity index (χ3n) is 6.49. The molecule has 9 nitrogen and oxygen atoms in total. The molecule has 0 aliphatic carbocycles. The van der Waals surface area contributed by atoms with Crippen LogP contribution in [0.25, 0.3) is 5.76 Å². The Kier molecular flexibility index (Phi) is 6.83. The number of ketones is 1. The zero-order valence-corrected chi connectivity index (χ0v) is 21.0. The van der Waals surface area contributed by atoms with Crippen LogP contribution in [-0.2, 0) is 16.1 Å². The van der Waals surface area contributed by atoms with Gasteiger partial charge in [0.25, 0.3) is 11.7 Å². The highest BCUT2D eigenvalue weighted by atomic mass is 16.6. The molecule has 1 unspecified atom stereocenters. The van der Waals surface area contributed by atoms with Crippen molar-refractivity contribution in [2.45, 2.75) is 19.5 Å². The van der Waals surface area contributed by atoms with Gasteiger partial charge in [-0.2, -0.15) is 0 Å². The number of aliphatic hydroxyl groups excluding tert-OH is 1. The van der Waals surface area contributed by atoms with E-state index in [0.717, 1.165) is 0 Å². The number of rotatable bonds is 7. The topological polar surface area (TPSA) is 115 Å². The zero-order valence-electron chi connectivity index (χ0n) is 21.0. The third kappa shape index (κ3) is 4.47. The van der Waals surface area contributed by atoms with Gasteiger partial charge in [0.2, 0.25) is 0 Å². The number of amides is 1. The molecule has 0 radical (unpaired) electrons. The number of nitrogens with zero attached hydrogens (tertiary/aromatic N) is 1. The Morgan fingerprint density at radius 2 is 1.76 bits per heavy atom. The first-order chi connectivity index (χ1) is 18.4. The lowest BCUT2D eigenvalue weighted by Gasteiger charge is -2.26. The van der Waals surface area contributed by atoms with Crippen molar-refractivity contribution in [1.82, 2.24) is 4.90 Å². The molecule has 0 spiro atoms. The van der Waals surface area contributed by atoms with Gasteiger partial charge in [0, 0.05) is 11.1 Å². The predicted octanol–water partition coefficient (Wildman–Crippen LogP) is 4.19. The van der Waals surface area contributed by atoms with E-state index in [1.54, 1.807) is 49.4 Å². The molecule has 1 amide bonds. The van der Waals surface area contributed by atoms with Crippen molar-refractivity contribution in [2.75, 3.05) is 26.9 Å². The summed E-state index contributed by atoms with van der Waals surface area (Å²) in [6.45, 7) is 2.89. The van der Waals surface area contributed by atoms with Crippen LogP contribution >= 0.6 is 0 Å². The van der Waals surface area contributed by atoms with Crippen LogP contribution in [-0.4, -0.2) is 53.7 Å². The van der Waals surface area contributed by atoms with E-state index in [2.05, 4.69) is 0 Å². The van der Waals surface area contributed by atoms with Crippen LogP contribution in [0.1, 0.15) is 29.7 Å². The second kappa shape index (κ2) is 10.4. The molecule has 3 aromatic carbocycles. The fraction of sp³-hybridized carbons (Fsp3) is 0.241. The molecule has 5 rings (SSSR count). The van der Waals surface area contributed by atoms with Gasteiger partial charge in [0.1, 0.15) is 24.7 Å². The van der Waals surface area contributed by atoms with E-state index >= 15 is 0 Å². The summed E-state index contributed by atoms with van der Waals surface area (Å²) in [6, 6.07) is 15.7. The number of carbonyl (C=O) groups excluding carboxylic acids is 2. The Hall–Kier alpha value is -4.66. The van der Waals surface area contributed by atoms with Crippen LogP contribution in [0, 0.1) is 0 Å². The Labute approximate surface area is 219 Å². The number of benzene rings is 3. The van der Waals surface area contributed by atoms with Crippen molar-refractivity contribution in [3.8, 4) is 28.7 Å². The molecular weight excluding hydrogens is 490 g/mol. The minimum absolute atomic E-state index is 0.0437. The Morgan fingerprint density at radius 3 is 2.53 bits per heavy atom. The number of hydrogen-bond acceptors (Lipinski definition) is 8. The van der Waals surface area contributed by atoms with Crippen LogP contribution in [0.4, 0.5) is 0 Å². The van der Waals surface area contributed by atoms with E-state index in [-0.39, 0.29) is 29.4 Å². The summed E-state index contributed by atoms with van der Waals surface area (Å²) in [5.41, 5.74) is 1.39. The lowest BCUT2D eigenvalue weighted by Crippen LogP contribution is -2.29. The number of methoxy groups -OCH3 is 1. The second-order valence-electron chi connectivity index (χ2n) is 8.76. The summed E-state index contributed by atoms with van der Waals surface area (Å²) in [4.78, 5) is 28.2. The molecular formula is C29H27NO8. The number of fused-ring (bicyclic) bond motifs is 1. The summed E-state index contributed by atoms with van der Waals surface area (Å²) < 4.78 is 22.2. The maximum Gasteiger partial charge on any atom is 0.295 e. The highest BCUT2D eigenvalue weighted by molar-refractivity contribution is 6.46. The molecule has 196 valence electrons. The molecule has 1 fully saturated rings. The highest BCUT2D eigenvalue weighted by Gasteiger charge is 2.46. The maximum absolute atomic E-state index is 13.4. The minimum atomic E-state index is -0.965. The quantitative estimate of drug-likeness (QED) is 0.272. The van der Waals surface area contributed by atoms with Gasteiger partial charge < -0.3 is 34.1 Å². The average molecular weight is 518 g/mol. The van der Waals surface area contributed by atoms with Gasteiger partial charge in [-0.1, -0.05) is 24.3 Å². The number of phenols is 1. The number of aliphatic hydroxyl groups is 1. The normalized spacial score (nSPS) is 17.9. The van der Waals surface area contributed by atoms with E-state index < -0.39 is 17.7 Å². The summed E-state index contributed by atoms with van der Waals surface area (Å²) in [6.07, 6.45) is 0. The van der Waals surface area contributed by atoms with Crippen LogP contribution in [0.3, 0.4) is 0 Å². The molecule has 2 heterocycles. The van der Waals surface area contributed by atoms with Gasteiger partial charge in [-0.25, -0.2) is 0 Å². The molecule has 0 aromatic heterocycles. The smallest absolute Gasteiger partial charge is 0.295 e. The maximum atomic E-state index is 13.4. The van der Waals surface area contributed by atoms with Crippen molar-refractivity contribution in [3.05, 3.63) is 82.9 Å². The van der Waals surface area contributed by atoms with E-state index in [4.69, 9.17) is 18.9 Å². The molecule has 9 heteroatoms. The molecule has 1 saturated heterocycles. The van der Waals surface area contributed by atoms with Crippen molar-refractivity contribution < 1.29 is 38.7 Å². The fourth-order valence-electron chi connectivity index (χ4n) is 4.72. The van der Waals surface area contributed by atoms with Gasteiger partial charge in [-0.3, -0.25) is 9.59 Å². The minimum Gasteiger partial charge on any atom is -0.507 e. The summed E-state index contributed by atoms with van der Waals surface area (Å²) >= 11 is 0. The summed E-state index contributed by atoms with van der Waals surface area (Å²) in [5, 5.41) is 21.7. The Bertz CT molecular complexity index is 1430. The fourth-order valence-corrected chi connectivity index (χ4v) is 4.72. The monoisotopic (exact) mass is 517 g/mol. The second-order valence-corrected chi connectivity index (χ2v) is 8.76. The van der Waals surface area contributed by atoms with Gasteiger partial charge in [-0.15, -0.1) is 0 Å². The van der Waals surface area contributed by atoms with E-state index in [0.29, 0.717) is 53.8 Å². The zero-order chi connectivity index (χ0) is 26.8. The van der Waals surface area contributed by atoms with Gasteiger partial charge in [0.05, 0.1) is 31.9 Å². The molecule has 2 aliphatic heterocycles. The molecule has 2 aliphatic rings. The molecule has 1 atom stereocenters. The summed E-state index contributed by atoms with van der Waals surface area (Å²) in [5.74, 6) is -0.311. The largest absolute Gasteiger partial charge is 0.507 e. The van der Waals surface area contributed by atoms with E-state index in [1.807, 2.05) is 12.1 Å². The highest BCUT2D eigenvalue weighted by Crippen LogP contribution is 2.44. The number of ether oxygens (including phenoxy) is 4. The number of aromatic hydroxyl groups is 1. The standard InChI is InChI=1S/C29H27NO8/c1-3-36-23-14-17(8-10-20(23)31)26-25(27(32)18-9-11-22-24(15-18)38-13-12-37-22)28(33)29(34)30(26)16-19-6-4-5-7-21(19)35-2/h4-11,14-15,26,31-32H,3,12-13,16H2,1-2H3/b27-25+. The van der Waals surface area contributed by atoms with Crippen molar-refractivity contribution in [1.29, 1.82) is 0 Å². The van der Waals surface area contributed by atoms with Crippen LogP contribution in [0.5, 0.6) is 28.7 Å². The Balaban J connectivity index is 1.66. The number of para-hydroxylation sites is 1. The predicted molar refractivity (Wildman–Crippen MR) is 138 cm³/mol. The number of carbonyl (C=O) groups is 2. The Morgan fingerprint density at radius 1 is 1.00 bits per heavy atom. The number of likely N-dealkylation sites (tertiary alicyclic amines) is 1. The van der Waals surface area contributed by atoms with Crippen LogP contribution < -0.4 is 18.9 Å². The van der Waals surface area contributed by atoms with E-state index in [9.17, 15) is 19.8 Å². The molecule has 0 bridgehead atoms. The van der Waals surface area contributed by atoms with Crippen LogP contribution in [0.15, 0.2) is 66.2 Å². The lowest BCUT2D eigenvalue weighted by molar-refractivity contribution is -0.140. The number of phenolic OH excluding ortho intramolecular Hbond substituents is 1. The average Bonchev–Trinajstić information content (AvgIpc) is 3.19.